The average Bonchev–Trinajstić information content (AvgIpc) is 2.90. The monoisotopic (exact) mass is 406 g/mol. The van der Waals surface area contributed by atoms with Gasteiger partial charge < -0.3 is 0 Å². The minimum atomic E-state index is 0.0905. The Hall–Kier alpha value is -0.210. The van der Waals surface area contributed by atoms with E-state index in [-0.39, 0.29) is 6.04 Å². The molecular formula is C12H16Br2N4S. The first-order valence-electron chi connectivity index (χ1n) is 5.97. The van der Waals surface area contributed by atoms with Gasteiger partial charge in [-0.1, -0.05) is 6.92 Å². The van der Waals surface area contributed by atoms with Gasteiger partial charge in [-0.05, 0) is 50.4 Å². The molecular weight excluding hydrogens is 392 g/mol. The third kappa shape index (κ3) is 3.46. The molecule has 0 saturated heterocycles. The van der Waals surface area contributed by atoms with E-state index in [2.05, 4.69) is 61.4 Å². The van der Waals surface area contributed by atoms with Gasteiger partial charge in [-0.3, -0.25) is 16.0 Å². The second kappa shape index (κ2) is 6.49. The minimum Gasteiger partial charge on any atom is -0.272 e. The first-order valence-corrected chi connectivity index (χ1v) is 8.38. The molecule has 0 saturated carbocycles. The lowest BCUT2D eigenvalue weighted by molar-refractivity contribution is 0.537. The van der Waals surface area contributed by atoms with Crippen molar-refractivity contribution in [3.05, 3.63) is 36.7 Å². The molecule has 1 unspecified atom stereocenters. The number of hydrogen-bond acceptors (Lipinski definition) is 4. The number of hydrazine groups is 1. The maximum absolute atomic E-state index is 5.70. The summed E-state index contributed by atoms with van der Waals surface area (Å²) in [5, 5.41) is 4.47. The van der Waals surface area contributed by atoms with Crippen LogP contribution in [-0.2, 0) is 19.9 Å². The van der Waals surface area contributed by atoms with E-state index in [1.54, 1.807) is 11.3 Å². The Balaban J connectivity index is 2.21. The van der Waals surface area contributed by atoms with Gasteiger partial charge in [-0.25, -0.2) is 0 Å². The van der Waals surface area contributed by atoms with E-state index in [0.29, 0.717) is 0 Å². The molecule has 19 heavy (non-hydrogen) atoms. The quantitative estimate of drug-likeness (QED) is 0.590. The average molecular weight is 408 g/mol. The van der Waals surface area contributed by atoms with E-state index in [9.17, 15) is 0 Å². The van der Waals surface area contributed by atoms with Crippen LogP contribution in [0.15, 0.2) is 20.4 Å². The number of aryl methyl sites for hydroxylation is 2. The fourth-order valence-electron chi connectivity index (χ4n) is 1.92. The first kappa shape index (κ1) is 15.2. The third-order valence-corrected chi connectivity index (χ3v) is 6.38. The number of thiophene rings is 1. The summed E-state index contributed by atoms with van der Waals surface area (Å²) < 4.78 is 4.08. The van der Waals surface area contributed by atoms with Crippen LogP contribution in [0.2, 0.25) is 0 Å². The van der Waals surface area contributed by atoms with Gasteiger partial charge in [-0.15, -0.1) is 11.3 Å². The van der Waals surface area contributed by atoms with Crippen molar-refractivity contribution in [2.45, 2.75) is 25.8 Å². The van der Waals surface area contributed by atoms with Crippen LogP contribution in [0, 0.1) is 0 Å². The van der Waals surface area contributed by atoms with Crippen LogP contribution in [0.4, 0.5) is 0 Å². The predicted molar refractivity (Wildman–Crippen MR) is 86.1 cm³/mol. The summed E-state index contributed by atoms with van der Waals surface area (Å²) in [5.74, 6) is 5.70. The van der Waals surface area contributed by atoms with Crippen molar-refractivity contribution in [1.82, 2.24) is 15.2 Å². The highest BCUT2D eigenvalue weighted by Crippen LogP contribution is 2.36. The van der Waals surface area contributed by atoms with Gasteiger partial charge in [0.15, 0.2) is 0 Å². The molecule has 2 aromatic heterocycles. The Labute approximate surface area is 133 Å². The molecule has 0 bridgehead atoms. The highest BCUT2D eigenvalue weighted by molar-refractivity contribution is 9.13. The maximum Gasteiger partial charge on any atom is 0.0843 e. The number of nitrogens with zero attached hydrogens (tertiary/aromatic N) is 2. The summed E-state index contributed by atoms with van der Waals surface area (Å²) in [5.41, 5.74) is 5.18. The molecule has 0 radical (unpaired) electrons. The lowest BCUT2D eigenvalue weighted by atomic mass is 10.1. The van der Waals surface area contributed by atoms with Crippen molar-refractivity contribution in [2.24, 2.45) is 12.9 Å². The summed E-state index contributed by atoms with van der Waals surface area (Å²) in [4.78, 5) is 1.19. The molecule has 4 nitrogen and oxygen atoms in total. The van der Waals surface area contributed by atoms with Crippen molar-refractivity contribution >= 4 is 43.2 Å². The molecule has 0 aliphatic rings. The van der Waals surface area contributed by atoms with Gasteiger partial charge in [0.05, 0.1) is 15.5 Å². The lowest BCUT2D eigenvalue weighted by Crippen LogP contribution is -2.29. The van der Waals surface area contributed by atoms with E-state index in [4.69, 9.17) is 5.84 Å². The lowest BCUT2D eigenvalue weighted by Gasteiger charge is -2.13. The zero-order valence-electron chi connectivity index (χ0n) is 10.8. The molecule has 0 aliphatic heterocycles. The molecule has 0 fully saturated rings. The Morgan fingerprint density at radius 3 is 2.68 bits per heavy atom. The van der Waals surface area contributed by atoms with Gasteiger partial charge in [0.1, 0.15) is 0 Å². The fourth-order valence-corrected chi connectivity index (χ4v) is 4.07. The molecule has 2 heterocycles. The standard InChI is InChI=1S/C12H16Br2N4S/c1-3-7-4-8(18(2)17-7)5-10(16-15)11-6-9(13)12(14)19-11/h4,6,10,16H,3,5,15H2,1-2H3. The smallest absolute Gasteiger partial charge is 0.0843 e. The van der Waals surface area contributed by atoms with Gasteiger partial charge >= 0.3 is 0 Å². The van der Waals surface area contributed by atoms with Crippen LogP contribution in [0.5, 0.6) is 0 Å². The van der Waals surface area contributed by atoms with E-state index >= 15 is 0 Å². The predicted octanol–water partition coefficient (Wildman–Crippen LogP) is 3.32. The second-order valence-corrected chi connectivity index (χ2v) is 7.55. The molecule has 2 rings (SSSR count). The number of halogens is 2. The molecule has 2 aromatic rings. The molecule has 0 amide bonds. The number of nitrogens with two attached hydrogens (primary N) is 1. The van der Waals surface area contributed by atoms with Gasteiger partial charge in [0.25, 0.3) is 0 Å². The molecule has 104 valence electrons. The molecule has 0 spiro atoms. The van der Waals surface area contributed by atoms with Crippen molar-refractivity contribution in [3.63, 3.8) is 0 Å². The van der Waals surface area contributed by atoms with Gasteiger partial charge in [0.2, 0.25) is 0 Å². The van der Waals surface area contributed by atoms with Crippen molar-refractivity contribution in [3.8, 4) is 0 Å². The van der Waals surface area contributed by atoms with Gasteiger partial charge in [-0.2, -0.15) is 5.10 Å². The van der Waals surface area contributed by atoms with Crippen LogP contribution >= 0.6 is 43.2 Å². The topological polar surface area (TPSA) is 55.9 Å². The number of hydrogen-bond donors (Lipinski definition) is 2. The zero-order valence-corrected chi connectivity index (χ0v) is 14.8. The van der Waals surface area contributed by atoms with Crippen LogP contribution < -0.4 is 11.3 Å². The highest BCUT2D eigenvalue weighted by atomic mass is 79.9. The van der Waals surface area contributed by atoms with Crippen molar-refractivity contribution < 1.29 is 0 Å². The molecule has 3 N–H and O–H groups in total. The SMILES string of the molecule is CCc1cc(CC(NN)c2cc(Br)c(Br)s2)n(C)n1. The largest absolute Gasteiger partial charge is 0.272 e. The van der Waals surface area contributed by atoms with E-state index in [0.717, 1.165) is 26.8 Å². The minimum absolute atomic E-state index is 0.0905. The Morgan fingerprint density at radius 2 is 2.21 bits per heavy atom. The fraction of sp³-hybridized carbons (Fsp3) is 0.417. The van der Waals surface area contributed by atoms with E-state index in [1.165, 1.54) is 10.6 Å². The Morgan fingerprint density at radius 1 is 1.47 bits per heavy atom. The number of rotatable bonds is 5. The summed E-state index contributed by atoms with van der Waals surface area (Å²) >= 11 is 8.70. The summed E-state index contributed by atoms with van der Waals surface area (Å²) in [6.45, 7) is 2.11. The van der Waals surface area contributed by atoms with Crippen molar-refractivity contribution in [1.29, 1.82) is 0 Å². The summed E-state index contributed by atoms with van der Waals surface area (Å²) in [6.07, 6.45) is 1.77. The molecule has 7 heteroatoms. The summed E-state index contributed by atoms with van der Waals surface area (Å²) in [6, 6.07) is 4.33. The van der Waals surface area contributed by atoms with Crippen molar-refractivity contribution in [2.75, 3.05) is 0 Å². The van der Waals surface area contributed by atoms with Crippen LogP contribution in [0.3, 0.4) is 0 Å². The Bertz CT molecular complexity index is 545. The van der Waals surface area contributed by atoms with E-state index in [1.807, 2.05) is 11.7 Å². The third-order valence-electron chi connectivity index (χ3n) is 3.01. The number of aromatic nitrogens is 2. The van der Waals surface area contributed by atoms with Gasteiger partial charge in [0, 0.05) is 28.5 Å². The second-order valence-electron chi connectivity index (χ2n) is 4.30. The molecule has 0 aromatic carbocycles. The normalized spacial score (nSPS) is 12.9. The molecule has 1 atom stereocenters. The van der Waals surface area contributed by atoms with Crippen LogP contribution in [0.1, 0.15) is 29.2 Å². The van der Waals surface area contributed by atoms with E-state index < -0.39 is 0 Å². The molecule has 0 aliphatic carbocycles. The maximum atomic E-state index is 5.70. The van der Waals surface area contributed by atoms with Crippen LogP contribution in [-0.4, -0.2) is 9.78 Å². The van der Waals surface area contributed by atoms with Crippen LogP contribution in [0.25, 0.3) is 0 Å². The highest BCUT2D eigenvalue weighted by Gasteiger charge is 2.17. The first-order chi connectivity index (χ1) is 9.05. The summed E-state index contributed by atoms with van der Waals surface area (Å²) in [7, 11) is 1.97. The Kier molecular flexibility index (Phi) is 5.19. The number of nitrogens with one attached hydrogen (secondary N) is 1. The zero-order chi connectivity index (χ0) is 14.0.